The van der Waals surface area contributed by atoms with Crippen molar-refractivity contribution in [3.63, 3.8) is 0 Å². The second kappa shape index (κ2) is 6.07. The van der Waals surface area contributed by atoms with Crippen molar-refractivity contribution in [3.8, 4) is 11.4 Å². The van der Waals surface area contributed by atoms with Crippen molar-refractivity contribution in [1.29, 1.82) is 0 Å². The van der Waals surface area contributed by atoms with Gasteiger partial charge in [-0.15, -0.1) is 0 Å². The molecule has 100 valence electrons. The normalized spacial score (nSPS) is 16.1. The molecule has 1 aliphatic carbocycles. The van der Waals surface area contributed by atoms with E-state index in [0.29, 0.717) is 0 Å². The Morgan fingerprint density at radius 2 is 1.89 bits per heavy atom. The Morgan fingerprint density at radius 3 is 2.63 bits per heavy atom. The number of rotatable bonds is 4. The summed E-state index contributed by atoms with van der Waals surface area (Å²) < 4.78 is 3.57. The molecule has 0 radical (unpaired) electrons. The average molecular weight is 366 g/mol. The Bertz CT molecular complexity index is 524. The van der Waals surface area contributed by atoms with Crippen LogP contribution >= 0.6 is 22.6 Å². The van der Waals surface area contributed by atoms with E-state index < -0.39 is 0 Å². The van der Waals surface area contributed by atoms with Gasteiger partial charge in [0.05, 0.1) is 0 Å². The van der Waals surface area contributed by atoms with E-state index in [1.165, 1.54) is 41.2 Å². The molecule has 0 bridgehead atoms. The van der Waals surface area contributed by atoms with Gasteiger partial charge in [-0.1, -0.05) is 37.8 Å². The average Bonchev–Trinajstić information content (AvgIpc) is 3.08. The van der Waals surface area contributed by atoms with E-state index in [9.17, 15) is 0 Å². The van der Waals surface area contributed by atoms with Crippen LogP contribution in [0.5, 0.6) is 0 Å². The second-order valence-corrected chi connectivity index (χ2v) is 6.64. The summed E-state index contributed by atoms with van der Waals surface area (Å²) in [4.78, 5) is 4.52. The van der Waals surface area contributed by atoms with E-state index in [-0.39, 0.29) is 0 Å². The zero-order valence-corrected chi connectivity index (χ0v) is 13.2. The van der Waals surface area contributed by atoms with Crippen molar-refractivity contribution in [2.45, 2.75) is 38.6 Å². The van der Waals surface area contributed by atoms with Gasteiger partial charge in [-0.25, -0.2) is 4.98 Å². The predicted molar refractivity (Wildman–Crippen MR) is 87.0 cm³/mol. The van der Waals surface area contributed by atoms with Crippen molar-refractivity contribution < 1.29 is 0 Å². The maximum atomic E-state index is 4.52. The van der Waals surface area contributed by atoms with Gasteiger partial charge in [0.15, 0.2) is 0 Å². The van der Waals surface area contributed by atoms with Crippen LogP contribution in [0.3, 0.4) is 0 Å². The molecule has 3 heteroatoms. The highest BCUT2D eigenvalue weighted by Gasteiger charge is 2.15. The van der Waals surface area contributed by atoms with Gasteiger partial charge in [-0.2, -0.15) is 0 Å². The molecule has 1 aromatic carbocycles. The third kappa shape index (κ3) is 3.19. The third-order valence-electron chi connectivity index (χ3n) is 4.07. The van der Waals surface area contributed by atoms with Crippen LogP contribution in [0.25, 0.3) is 11.4 Å². The second-order valence-electron chi connectivity index (χ2n) is 5.39. The third-order valence-corrected chi connectivity index (χ3v) is 4.79. The van der Waals surface area contributed by atoms with E-state index in [0.717, 1.165) is 18.3 Å². The lowest BCUT2D eigenvalue weighted by atomic mass is 10.0. The Hall–Kier alpha value is -0.840. The Kier molecular flexibility index (Phi) is 4.21. The van der Waals surface area contributed by atoms with E-state index in [2.05, 4.69) is 62.6 Å². The monoisotopic (exact) mass is 366 g/mol. The highest BCUT2D eigenvalue weighted by Crippen LogP contribution is 2.28. The van der Waals surface area contributed by atoms with Gasteiger partial charge < -0.3 is 4.57 Å². The van der Waals surface area contributed by atoms with Crippen LogP contribution in [0.2, 0.25) is 0 Å². The lowest BCUT2D eigenvalue weighted by Gasteiger charge is -2.12. The fourth-order valence-corrected chi connectivity index (χ4v) is 3.33. The van der Waals surface area contributed by atoms with Crippen molar-refractivity contribution >= 4 is 22.6 Å². The summed E-state index contributed by atoms with van der Waals surface area (Å²) in [5, 5.41) is 0. The van der Waals surface area contributed by atoms with Crippen LogP contribution in [-0.2, 0) is 6.54 Å². The number of imidazole rings is 1. The minimum absolute atomic E-state index is 0.937. The quantitative estimate of drug-likeness (QED) is 0.715. The molecule has 1 aromatic heterocycles. The molecule has 2 aromatic rings. The van der Waals surface area contributed by atoms with Gasteiger partial charge in [0.25, 0.3) is 0 Å². The lowest BCUT2D eigenvalue weighted by Crippen LogP contribution is -2.04. The SMILES string of the molecule is Ic1ccc(-c2nccn2CCC2CCCC2)cc1. The number of hydrogen-bond acceptors (Lipinski definition) is 1. The zero-order chi connectivity index (χ0) is 13.1. The topological polar surface area (TPSA) is 17.8 Å². The first-order valence-electron chi connectivity index (χ1n) is 7.10. The summed E-state index contributed by atoms with van der Waals surface area (Å²) >= 11 is 2.34. The van der Waals surface area contributed by atoms with Crippen molar-refractivity contribution in [2.75, 3.05) is 0 Å². The van der Waals surface area contributed by atoms with E-state index in [1.807, 2.05) is 6.20 Å². The van der Waals surface area contributed by atoms with Gasteiger partial charge >= 0.3 is 0 Å². The molecular formula is C16H19IN2. The van der Waals surface area contributed by atoms with E-state index in [1.54, 1.807) is 0 Å². The number of halogens is 1. The molecule has 1 heterocycles. The van der Waals surface area contributed by atoms with Gasteiger partial charge in [0.2, 0.25) is 0 Å². The number of aryl methyl sites for hydroxylation is 1. The molecule has 0 spiro atoms. The van der Waals surface area contributed by atoms with E-state index in [4.69, 9.17) is 0 Å². The number of nitrogens with zero attached hydrogens (tertiary/aromatic N) is 2. The zero-order valence-electron chi connectivity index (χ0n) is 11.1. The first kappa shape index (κ1) is 13.2. The molecule has 0 aliphatic heterocycles. The highest BCUT2D eigenvalue weighted by molar-refractivity contribution is 14.1. The van der Waals surface area contributed by atoms with Crippen LogP contribution in [0.4, 0.5) is 0 Å². The standard InChI is InChI=1S/C16H19IN2/c17-15-7-5-14(6-8-15)16-18-10-12-19(16)11-9-13-3-1-2-4-13/h5-8,10,12-13H,1-4,9,11H2. The predicted octanol–water partition coefficient (Wildman–Crippen LogP) is 4.74. The molecule has 1 aliphatic rings. The summed E-state index contributed by atoms with van der Waals surface area (Å²) in [5.41, 5.74) is 1.22. The van der Waals surface area contributed by atoms with Crippen LogP contribution in [0.1, 0.15) is 32.1 Å². The first-order valence-corrected chi connectivity index (χ1v) is 8.18. The largest absolute Gasteiger partial charge is 0.331 e. The van der Waals surface area contributed by atoms with Crippen molar-refractivity contribution in [1.82, 2.24) is 9.55 Å². The smallest absolute Gasteiger partial charge is 0.139 e. The summed E-state index contributed by atoms with van der Waals surface area (Å²) in [5.74, 6) is 2.04. The van der Waals surface area contributed by atoms with Crippen LogP contribution in [0.15, 0.2) is 36.7 Å². The van der Waals surface area contributed by atoms with Gasteiger partial charge in [-0.3, -0.25) is 0 Å². The molecule has 19 heavy (non-hydrogen) atoms. The molecule has 3 rings (SSSR count). The van der Waals surface area contributed by atoms with Crippen LogP contribution in [0, 0.1) is 9.49 Å². The number of benzene rings is 1. The highest BCUT2D eigenvalue weighted by atomic mass is 127. The maximum Gasteiger partial charge on any atom is 0.139 e. The van der Waals surface area contributed by atoms with Crippen molar-refractivity contribution in [2.24, 2.45) is 5.92 Å². The molecule has 2 nitrogen and oxygen atoms in total. The summed E-state index contributed by atoms with van der Waals surface area (Å²) in [7, 11) is 0. The van der Waals surface area contributed by atoms with E-state index >= 15 is 0 Å². The maximum absolute atomic E-state index is 4.52. The molecule has 1 saturated carbocycles. The Morgan fingerprint density at radius 1 is 1.16 bits per heavy atom. The van der Waals surface area contributed by atoms with Crippen LogP contribution in [-0.4, -0.2) is 9.55 Å². The Balaban J connectivity index is 1.72. The molecular weight excluding hydrogens is 347 g/mol. The minimum Gasteiger partial charge on any atom is -0.331 e. The number of hydrogen-bond donors (Lipinski definition) is 0. The fourth-order valence-electron chi connectivity index (χ4n) is 2.97. The summed E-state index contributed by atoms with van der Waals surface area (Å²) in [6, 6.07) is 8.62. The lowest BCUT2D eigenvalue weighted by molar-refractivity contribution is 0.460. The first-order chi connectivity index (χ1) is 9.33. The molecule has 0 amide bonds. The molecule has 1 fully saturated rings. The van der Waals surface area contributed by atoms with Crippen molar-refractivity contribution in [3.05, 3.63) is 40.2 Å². The van der Waals surface area contributed by atoms with Gasteiger partial charge in [-0.05, 0) is 47.1 Å². The Labute approximate surface area is 128 Å². The fraction of sp³-hybridized carbons (Fsp3) is 0.438. The van der Waals surface area contributed by atoms with Crippen LogP contribution < -0.4 is 0 Å². The minimum atomic E-state index is 0.937. The summed E-state index contributed by atoms with van der Waals surface area (Å²) in [6.45, 7) is 1.10. The molecule has 0 unspecified atom stereocenters. The summed E-state index contributed by atoms with van der Waals surface area (Å²) in [6.07, 6.45) is 11.0. The molecule has 0 N–H and O–H groups in total. The number of aromatic nitrogens is 2. The molecule has 0 atom stereocenters. The molecule has 0 saturated heterocycles. The van der Waals surface area contributed by atoms with Gasteiger partial charge in [0, 0.05) is 28.1 Å². The van der Waals surface area contributed by atoms with Gasteiger partial charge in [0.1, 0.15) is 5.82 Å².